The van der Waals surface area contributed by atoms with E-state index in [9.17, 15) is 14.4 Å². The van der Waals surface area contributed by atoms with Crippen LogP contribution in [0.3, 0.4) is 0 Å². The van der Waals surface area contributed by atoms with Gasteiger partial charge in [-0.3, -0.25) is 14.4 Å². The third-order valence-electron chi connectivity index (χ3n) is 5.99. The lowest BCUT2D eigenvalue weighted by atomic mass is 10.1. The van der Waals surface area contributed by atoms with Crippen LogP contribution in [0.1, 0.15) is 11.1 Å². The summed E-state index contributed by atoms with van der Waals surface area (Å²) in [5, 5.41) is 5.21. The topological polar surface area (TPSA) is 79.0 Å². The van der Waals surface area contributed by atoms with Crippen molar-refractivity contribution in [3.05, 3.63) is 120 Å². The van der Waals surface area contributed by atoms with Crippen molar-refractivity contribution >= 4 is 34.8 Å². The van der Waals surface area contributed by atoms with Crippen LogP contribution in [0, 0.1) is 12.8 Å². The molecule has 5 rings (SSSR count). The third kappa shape index (κ3) is 5.06. The molecule has 1 unspecified atom stereocenters. The van der Waals surface area contributed by atoms with Crippen LogP contribution >= 0.6 is 0 Å². The van der Waals surface area contributed by atoms with Gasteiger partial charge in [-0.15, -0.1) is 0 Å². The van der Waals surface area contributed by atoms with Gasteiger partial charge < -0.3 is 10.1 Å². The molecule has 37 heavy (non-hydrogen) atoms. The molecule has 1 fully saturated rings. The normalized spacial score (nSPS) is 15.1. The maximum atomic E-state index is 13.6. The largest absolute Gasteiger partial charge is 0.489 e. The Morgan fingerprint density at radius 1 is 0.757 bits per heavy atom. The fourth-order valence-corrected chi connectivity index (χ4v) is 4.18. The maximum Gasteiger partial charge on any atom is 0.268 e. The standard InChI is InChI=1S/C30H25N3O4/c1-21-9-8-14-25(19-21)33-30(36)27(28(34)31-23-12-6-3-7-13-23)29(35)32(33)24-15-17-26(18-16-24)37-20-22-10-4-2-5-11-22/h2-19,27H,20H2,1H3,(H,31,34). The number of nitrogens with one attached hydrogen (secondary N) is 1. The molecular formula is C30H25N3O4. The molecule has 4 aromatic rings. The molecule has 1 heterocycles. The van der Waals surface area contributed by atoms with Crippen molar-refractivity contribution in [2.75, 3.05) is 15.3 Å². The summed E-state index contributed by atoms with van der Waals surface area (Å²) in [7, 11) is 0. The summed E-state index contributed by atoms with van der Waals surface area (Å²) in [5.41, 5.74) is 3.40. The molecule has 0 saturated carbocycles. The minimum absolute atomic E-state index is 0.401. The number of rotatable bonds is 7. The molecule has 7 nitrogen and oxygen atoms in total. The van der Waals surface area contributed by atoms with Crippen molar-refractivity contribution in [1.82, 2.24) is 0 Å². The smallest absolute Gasteiger partial charge is 0.268 e. The number of benzene rings is 4. The Labute approximate surface area is 214 Å². The van der Waals surface area contributed by atoms with Gasteiger partial charge in [0.15, 0.2) is 5.92 Å². The van der Waals surface area contributed by atoms with Crippen LogP contribution in [0.25, 0.3) is 0 Å². The Morgan fingerprint density at radius 3 is 2.03 bits per heavy atom. The van der Waals surface area contributed by atoms with Gasteiger partial charge in [-0.25, -0.2) is 10.0 Å². The average molecular weight is 492 g/mol. The summed E-state index contributed by atoms with van der Waals surface area (Å²) in [5.74, 6) is -2.82. The Kier molecular flexibility index (Phi) is 6.68. The number of carbonyl (C=O) groups excluding carboxylic acids is 3. The Morgan fingerprint density at radius 2 is 1.38 bits per heavy atom. The summed E-state index contributed by atoms with van der Waals surface area (Å²) in [6.45, 7) is 2.30. The lowest BCUT2D eigenvalue weighted by Crippen LogP contribution is -2.41. The highest BCUT2D eigenvalue weighted by Crippen LogP contribution is 2.33. The first kappa shape index (κ1) is 23.8. The van der Waals surface area contributed by atoms with E-state index in [0.717, 1.165) is 11.1 Å². The van der Waals surface area contributed by atoms with Crippen molar-refractivity contribution in [3.8, 4) is 5.75 Å². The highest BCUT2D eigenvalue weighted by atomic mass is 16.5. The molecular weight excluding hydrogens is 466 g/mol. The van der Waals surface area contributed by atoms with Crippen molar-refractivity contribution in [3.63, 3.8) is 0 Å². The highest BCUT2D eigenvalue weighted by molar-refractivity contribution is 6.33. The van der Waals surface area contributed by atoms with Gasteiger partial charge in [0, 0.05) is 5.69 Å². The second kappa shape index (κ2) is 10.4. The Hall–Kier alpha value is -4.91. The van der Waals surface area contributed by atoms with E-state index in [1.54, 1.807) is 66.7 Å². The quantitative estimate of drug-likeness (QED) is 0.364. The number of carbonyl (C=O) groups is 3. The van der Waals surface area contributed by atoms with Gasteiger partial charge in [0.1, 0.15) is 12.4 Å². The summed E-state index contributed by atoms with van der Waals surface area (Å²) in [4.78, 5) is 40.2. The molecule has 0 aliphatic carbocycles. The zero-order valence-corrected chi connectivity index (χ0v) is 20.2. The van der Waals surface area contributed by atoms with E-state index < -0.39 is 23.6 Å². The molecule has 7 heteroatoms. The second-order valence-corrected chi connectivity index (χ2v) is 8.70. The van der Waals surface area contributed by atoms with Crippen LogP contribution in [-0.4, -0.2) is 17.7 Å². The van der Waals surface area contributed by atoms with Gasteiger partial charge >= 0.3 is 0 Å². The highest BCUT2D eigenvalue weighted by Gasteiger charge is 2.51. The minimum atomic E-state index is -1.52. The van der Waals surface area contributed by atoms with E-state index >= 15 is 0 Å². The van der Waals surface area contributed by atoms with Crippen molar-refractivity contribution in [1.29, 1.82) is 0 Å². The molecule has 3 amide bonds. The number of nitrogens with zero attached hydrogens (tertiary/aromatic N) is 2. The van der Waals surface area contributed by atoms with Crippen molar-refractivity contribution < 1.29 is 19.1 Å². The molecule has 0 radical (unpaired) electrons. The minimum Gasteiger partial charge on any atom is -0.489 e. The number of aryl methyl sites for hydroxylation is 1. The molecule has 1 saturated heterocycles. The van der Waals surface area contributed by atoms with Gasteiger partial charge in [0.2, 0.25) is 5.91 Å². The summed E-state index contributed by atoms with van der Waals surface area (Å²) in [6.07, 6.45) is 0. The number of hydrogen-bond donors (Lipinski definition) is 1. The second-order valence-electron chi connectivity index (χ2n) is 8.70. The first-order valence-corrected chi connectivity index (χ1v) is 11.9. The molecule has 0 spiro atoms. The summed E-state index contributed by atoms with van der Waals surface area (Å²) < 4.78 is 5.86. The zero-order chi connectivity index (χ0) is 25.8. The van der Waals surface area contributed by atoms with Gasteiger partial charge in [-0.1, -0.05) is 60.7 Å². The molecule has 1 N–H and O–H groups in total. The number of amides is 3. The Balaban J connectivity index is 1.43. The third-order valence-corrected chi connectivity index (χ3v) is 5.99. The van der Waals surface area contributed by atoms with Crippen LogP contribution in [0.15, 0.2) is 109 Å². The number of ether oxygens (including phenoxy) is 1. The first-order valence-electron chi connectivity index (χ1n) is 11.9. The average Bonchev–Trinajstić information content (AvgIpc) is 3.18. The van der Waals surface area contributed by atoms with Gasteiger partial charge in [-0.2, -0.15) is 0 Å². The fraction of sp³-hybridized carbons (Fsp3) is 0.100. The number of hydrogen-bond acceptors (Lipinski definition) is 4. The van der Waals surface area contributed by atoms with Gasteiger partial charge in [0.05, 0.1) is 11.4 Å². The Bertz CT molecular complexity index is 1420. The lowest BCUT2D eigenvalue weighted by Gasteiger charge is -2.28. The number of para-hydroxylation sites is 1. The molecule has 184 valence electrons. The van der Waals surface area contributed by atoms with Crippen LogP contribution < -0.4 is 20.1 Å². The van der Waals surface area contributed by atoms with Gasteiger partial charge in [-0.05, 0) is 66.6 Å². The van der Waals surface area contributed by atoms with E-state index in [1.807, 2.05) is 49.4 Å². The number of anilines is 3. The van der Waals surface area contributed by atoms with Crippen LogP contribution in [0.2, 0.25) is 0 Å². The van der Waals surface area contributed by atoms with E-state index in [2.05, 4.69) is 5.32 Å². The molecule has 1 aliphatic heterocycles. The molecule has 1 aliphatic rings. The maximum absolute atomic E-state index is 13.6. The fourth-order valence-electron chi connectivity index (χ4n) is 4.18. The molecule has 0 aromatic heterocycles. The van der Waals surface area contributed by atoms with Crippen LogP contribution in [-0.2, 0) is 21.0 Å². The van der Waals surface area contributed by atoms with E-state index in [4.69, 9.17) is 4.74 Å². The van der Waals surface area contributed by atoms with E-state index in [-0.39, 0.29) is 0 Å². The van der Waals surface area contributed by atoms with E-state index in [0.29, 0.717) is 29.4 Å². The van der Waals surface area contributed by atoms with Crippen molar-refractivity contribution in [2.24, 2.45) is 5.92 Å². The first-order chi connectivity index (χ1) is 18.0. The monoisotopic (exact) mass is 491 g/mol. The SMILES string of the molecule is Cc1cccc(N2C(=O)C(C(=O)Nc3ccccc3)C(=O)N2c2ccc(OCc3ccccc3)cc2)c1. The van der Waals surface area contributed by atoms with Gasteiger partial charge in [0.25, 0.3) is 11.8 Å². The van der Waals surface area contributed by atoms with Crippen LogP contribution in [0.5, 0.6) is 5.75 Å². The van der Waals surface area contributed by atoms with E-state index in [1.165, 1.54) is 10.0 Å². The van der Waals surface area contributed by atoms with Crippen molar-refractivity contribution in [2.45, 2.75) is 13.5 Å². The molecule has 0 bridgehead atoms. The molecule has 1 atom stereocenters. The van der Waals surface area contributed by atoms with Crippen LogP contribution in [0.4, 0.5) is 17.1 Å². The number of hydrazine groups is 1. The predicted octanol–water partition coefficient (Wildman–Crippen LogP) is 5.12. The lowest BCUT2D eigenvalue weighted by molar-refractivity contribution is -0.134. The zero-order valence-electron chi connectivity index (χ0n) is 20.2. The molecule has 4 aromatic carbocycles. The predicted molar refractivity (Wildman–Crippen MR) is 142 cm³/mol. The summed E-state index contributed by atoms with van der Waals surface area (Å²) >= 11 is 0. The summed E-state index contributed by atoms with van der Waals surface area (Å²) in [6, 6.07) is 32.6.